The van der Waals surface area contributed by atoms with Gasteiger partial charge in [0.25, 0.3) is 0 Å². The van der Waals surface area contributed by atoms with E-state index < -0.39 is 0 Å². The van der Waals surface area contributed by atoms with Crippen molar-refractivity contribution in [2.24, 2.45) is 5.92 Å². The zero-order valence-electron chi connectivity index (χ0n) is 10.0. The van der Waals surface area contributed by atoms with Crippen molar-refractivity contribution < 1.29 is 0 Å². The van der Waals surface area contributed by atoms with Gasteiger partial charge < -0.3 is 10.6 Å². The number of fused-ring (bicyclic) bond motifs is 2. The lowest BCUT2D eigenvalue weighted by Crippen LogP contribution is -2.30. The van der Waals surface area contributed by atoms with Crippen molar-refractivity contribution in [3.63, 3.8) is 0 Å². The highest BCUT2D eigenvalue weighted by atomic mass is 35.5. The molecular formula is C14H19ClN2. The van der Waals surface area contributed by atoms with Crippen LogP contribution in [0, 0.1) is 5.92 Å². The van der Waals surface area contributed by atoms with E-state index in [9.17, 15) is 0 Å². The molecular weight excluding hydrogens is 232 g/mol. The summed E-state index contributed by atoms with van der Waals surface area (Å²) in [5, 5.41) is 8.05. The Morgan fingerprint density at radius 1 is 1.12 bits per heavy atom. The maximum Gasteiger partial charge on any atom is 0.0765 e. The van der Waals surface area contributed by atoms with Crippen molar-refractivity contribution in [2.75, 3.05) is 17.2 Å². The molecule has 2 nitrogen and oxygen atoms in total. The largest absolute Gasteiger partial charge is 0.382 e. The highest BCUT2D eigenvalue weighted by Gasteiger charge is 2.27. The molecule has 0 radical (unpaired) electrons. The molecule has 17 heavy (non-hydrogen) atoms. The van der Waals surface area contributed by atoms with Gasteiger partial charge in [0, 0.05) is 12.6 Å². The van der Waals surface area contributed by atoms with Crippen LogP contribution in [0.4, 0.5) is 11.4 Å². The summed E-state index contributed by atoms with van der Waals surface area (Å²) in [6.45, 7) is 1.05. The fourth-order valence-electron chi connectivity index (χ4n) is 3.08. The Hall–Kier alpha value is -0.890. The molecule has 92 valence electrons. The van der Waals surface area contributed by atoms with E-state index in [0.717, 1.165) is 23.2 Å². The van der Waals surface area contributed by atoms with E-state index in [2.05, 4.69) is 16.7 Å². The number of hydrogen-bond donors (Lipinski definition) is 2. The number of anilines is 2. The van der Waals surface area contributed by atoms with Gasteiger partial charge in [-0.15, -0.1) is 0 Å². The van der Waals surface area contributed by atoms with Crippen LogP contribution in [0.25, 0.3) is 0 Å². The second kappa shape index (κ2) is 4.77. The fourth-order valence-corrected chi connectivity index (χ4v) is 3.32. The summed E-state index contributed by atoms with van der Waals surface area (Å²) in [5.74, 6) is 0.737. The predicted molar refractivity (Wildman–Crippen MR) is 73.9 cm³/mol. The summed E-state index contributed by atoms with van der Waals surface area (Å²) in [6.07, 6.45) is 6.73. The molecule has 0 spiro atoms. The van der Waals surface area contributed by atoms with Crippen LogP contribution in [-0.4, -0.2) is 12.6 Å². The minimum atomic E-state index is 0.615. The number of para-hydroxylation sites is 1. The first kappa shape index (κ1) is 11.2. The Balaban J connectivity index is 1.90. The van der Waals surface area contributed by atoms with Crippen molar-refractivity contribution in [3.05, 3.63) is 23.2 Å². The lowest BCUT2D eigenvalue weighted by atomic mass is 9.95. The van der Waals surface area contributed by atoms with Gasteiger partial charge in [-0.2, -0.15) is 0 Å². The Kier molecular flexibility index (Phi) is 3.15. The van der Waals surface area contributed by atoms with E-state index in [4.69, 9.17) is 11.6 Å². The third-order valence-electron chi connectivity index (χ3n) is 4.05. The van der Waals surface area contributed by atoms with E-state index in [0.29, 0.717) is 6.04 Å². The minimum absolute atomic E-state index is 0.615. The van der Waals surface area contributed by atoms with Gasteiger partial charge in [-0.3, -0.25) is 0 Å². The van der Waals surface area contributed by atoms with Crippen molar-refractivity contribution in [1.82, 2.24) is 0 Å². The van der Waals surface area contributed by atoms with Crippen LogP contribution in [0.1, 0.15) is 32.1 Å². The lowest BCUT2D eigenvalue weighted by molar-refractivity contribution is 0.444. The monoisotopic (exact) mass is 250 g/mol. The molecule has 0 saturated heterocycles. The van der Waals surface area contributed by atoms with E-state index >= 15 is 0 Å². The van der Waals surface area contributed by atoms with Crippen LogP contribution in [0.3, 0.4) is 0 Å². The van der Waals surface area contributed by atoms with Crippen molar-refractivity contribution in [3.8, 4) is 0 Å². The van der Waals surface area contributed by atoms with E-state index in [1.165, 1.54) is 37.8 Å². The first-order chi connectivity index (χ1) is 8.34. The first-order valence-electron chi connectivity index (χ1n) is 6.63. The van der Waals surface area contributed by atoms with Gasteiger partial charge in [0.2, 0.25) is 0 Å². The van der Waals surface area contributed by atoms with Crippen molar-refractivity contribution in [1.29, 1.82) is 0 Å². The Morgan fingerprint density at radius 2 is 2.00 bits per heavy atom. The van der Waals surface area contributed by atoms with Crippen LogP contribution in [-0.2, 0) is 0 Å². The Morgan fingerprint density at radius 3 is 2.94 bits per heavy atom. The summed E-state index contributed by atoms with van der Waals surface area (Å²) in [5.41, 5.74) is 2.26. The van der Waals surface area contributed by atoms with Gasteiger partial charge in [-0.05, 0) is 30.9 Å². The molecule has 3 heteroatoms. The summed E-state index contributed by atoms with van der Waals surface area (Å²) >= 11 is 6.24. The molecule has 0 bridgehead atoms. The van der Waals surface area contributed by atoms with Crippen molar-refractivity contribution >= 4 is 23.0 Å². The SMILES string of the molecule is Clc1cccc2c1NCC1CCCCCC1N2. The number of benzene rings is 1. The van der Waals surface area contributed by atoms with Crippen LogP contribution >= 0.6 is 11.6 Å². The fraction of sp³-hybridized carbons (Fsp3) is 0.571. The summed E-state index contributed by atoms with van der Waals surface area (Å²) in [4.78, 5) is 0. The Labute approximate surface area is 108 Å². The maximum atomic E-state index is 6.24. The third-order valence-corrected chi connectivity index (χ3v) is 4.37. The summed E-state index contributed by atoms with van der Waals surface area (Å²) in [6, 6.07) is 6.72. The molecule has 0 amide bonds. The molecule has 2 N–H and O–H groups in total. The van der Waals surface area contributed by atoms with Crippen LogP contribution in [0.5, 0.6) is 0 Å². The Bertz CT molecular complexity index is 405. The zero-order valence-corrected chi connectivity index (χ0v) is 10.8. The van der Waals surface area contributed by atoms with Gasteiger partial charge in [0.15, 0.2) is 0 Å². The summed E-state index contributed by atoms with van der Waals surface area (Å²) in [7, 11) is 0. The number of rotatable bonds is 0. The van der Waals surface area contributed by atoms with Crippen LogP contribution in [0.2, 0.25) is 5.02 Å². The predicted octanol–water partition coefficient (Wildman–Crippen LogP) is 4.13. The van der Waals surface area contributed by atoms with Gasteiger partial charge >= 0.3 is 0 Å². The molecule has 2 aliphatic rings. The minimum Gasteiger partial charge on any atom is -0.382 e. The second-order valence-electron chi connectivity index (χ2n) is 5.19. The van der Waals surface area contributed by atoms with Crippen molar-refractivity contribution in [2.45, 2.75) is 38.1 Å². The van der Waals surface area contributed by atoms with Crippen LogP contribution < -0.4 is 10.6 Å². The normalized spacial score (nSPS) is 27.8. The molecule has 3 rings (SSSR count). The summed E-state index contributed by atoms with van der Waals surface area (Å²) < 4.78 is 0. The average Bonchev–Trinajstić information content (AvgIpc) is 2.62. The van der Waals surface area contributed by atoms with Gasteiger partial charge in [-0.1, -0.05) is 36.9 Å². The van der Waals surface area contributed by atoms with Crippen LogP contribution in [0.15, 0.2) is 18.2 Å². The molecule has 1 aliphatic carbocycles. The smallest absolute Gasteiger partial charge is 0.0765 e. The molecule has 1 heterocycles. The molecule has 1 aromatic rings. The standard InChI is InChI=1S/C14H19ClN2/c15-11-6-4-8-13-14(11)16-9-10-5-2-1-3-7-12(10)17-13/h4,6,8,10,12,16-17H,1-3,5,7,9H2. The van der Waals surface area contributed by atoms with E-state index in [1.807, 2.05) is 12.1 Å². The highest BCUT2D eigenvalue weighted by molar-refractivity contribution is 6.34. The third kappa shape index (κ3) is 2.23. The molecule has 1 aliphatic heterocycles. The maximum absolute atomic E-state index is 6.24. The van der Waals surface area contributed by atoms with Gasteiger partial charge in [0.05, 0.1) is 16.4 Å². The molecule has 2 atom stereocenters. The quantitative estimate of drug-likeness (QED) is 0.724. The molecule has 1 aromatic carbocycles. The van der Waals surface area contributed by atoms with Gasteiger partial charge in [-0.25, -0.2) is 0 Å². The van der Waals surface area contributed by atoms with E-state index in [-0.39, 0.29) is 0 Å². The topological polar surface area (TPSA) is 24.1 Å². The molecule has 2 unspecified atom stereocenters. The molecule has 1 fully saturated rings. The number of nitrogens with one attached hydrogen (secondary N) is 2. The number of hydrogen-bond acceptors (Lipinski definition) is 2. The lowest BCUT2D eigenvalue weighted by Gasteiger charge is -2.23. The highest BCUT2D eigenvalue weighted by Crippen LogP contribution is 2.36. The molecule has 0 aromatic heterocycles. The second-order valence-corrected chi connectivity index (χ2v) is 5.60. The van der Waals surface area contributed by atoms with E-state index in [1.54, 1.807) is 0 Å². The molecule has 1 saturated carbocycles. The first-order valence-corrected chi connectivity index (χ1v) is 7.01. The van der Waals surface area contributed by atoms with Gasteiger partial charge in [0.1, 0.15) is 0 Å². The zero-order chi connectivity index (χ0) is 11.7. The number of halogens is 1. The average molecular weight is 251 g/mol.